The second-order valence-corrected chi connectivity index (χ2v) is 10.9. The molecule has 210 valence electrons. The summed E-state index contributed by atoms with van der Waals surface area (Å²) in [5, 5.41) is 12.2. The average Bonchev–Trinajstić information content (AvgIpc) is 3.25. The van der Waals surface area contributed by atoms with Gasteiger partial charge in [-0.1, -0.05) is 78.9 Å². The van der Waals surface area contributed by atoms with Gasteiger partial charge < -0.3 is 24.8 Å². The summed E-state index contributed by atoms with van der Waals surface area (Å²) in [6.45, 7) is 6.69. The summed E-state index contributed by atoms with van der Waals surface area (Å²) in [4.78, 5) is 39.7. The first kappa shape index (κ1) is 28.8. The highest BCUT2D eigenvalue weighted by atomic mass is 16.5. The van der Waals surface area contributed by atoms with Crippen LogP contribution in [0.2, 0.25) is 0 Å². The Morgan fingerprint density at radius 3 is 2.00 bits per heavy atom. The summed E-state index contributed by atoms with van der Waals surface area (Å²) in [5.41, 5.74) is 4.46. The van der Waals surface area contributed by atoms with Crippen molar-refractivity contribution in [3.05, 3.63) is 95.6 Å². The zero-order valence-corrected chi connectivity index (χ0v) is 23.3. The highest BCUT2D eigenvalue weighted by Gasteiger charge is 2.38. The van der Waals surface area contributed by atoms with Crippen LogP contribution in [0, 0.1) is 0 Å². The third kappa shape index (κ3) is 6.69. The van der Waals surface area contributed by atoms with Crippen molar-refractivity contribution >= 4 is 18.0 Å². The average molecular weight is 545 g/mol. The quantitative estimate of drug-likeness (QED) is 0.363. The van der Waals surface area contributed by atoms with E-state index in [0.29, 0.717) is 0 Å². The van der Waals surface area contributed by atoms with Crippen LogP contribution in [0.4, 0.5) is 4.79 Å². The number of fused-ring (bicyclic) bond motifs is 3. The van der Waals surface area contributed by atoms with Crippen LogP contribution < -0.4 is 5.32 Å². The van der Waals surface area contributed by atoms with Gasteiger partial charge >= 0.3 is 12.1 Å². The largest absolute Gasteiger partial charge is 0.480 e. The van der Waals surface area contributed by atoms with Gasteiger partial charge in [-0.15, -0.1) is 0 Å². The lowest BCUT2D eigenvalue weighted by atomic mass is 9.98. The monoisotopic (exact) mass is 544 g/mol. The minimum Gasteiger partial charge on any atom is -0.480 e. The van der Waals surface area contributed by atoms with Gasteiger partial charge in [0.25, 0.3) is 0 Å². The van der Waals surface area contributed by atoms with Crippen LogP contribution in [0.25, 0.3) is 11.1 Å². The lowest BCUT2D eigenvalue weighted by Crippen LogP contribution is -2.59. The maximum atomic E-state index is 13.7. The van der Waals surface area contributed by atoms with Crippen molar-refractivity contribution in [3.8, 4) is 11.1 Å². The number of carboxylic acids is 1. The summed E-state index contributed by atoms with van der Waals surface area (Å²) >= 11 is 0. The normalized spacial score (nSPS) is 14.0. The van der Waals surface area contributed by atoms with Crippen LogP contribution in [0.5, 0.6) is 0 Å². The number of carbonyl (C=O) groups is 3. The van der Waals surface area contributed by atoms with E-state index in [9.17, 15) is 19.5 Å². The third-order valence-corrected chi connectivity index (χ3v) is 7.08. The van der Waals surface area contributed by atoms with E-state index in [1.165, 1.54) is 4.90 Å². The molecule has 0 spiro atoms. The molecular weight excluding hydrogens is 508 g/mol. The molecule has 0 aliphatic heterocycles. The van der Waals surface area contributed by atoms with E-state index in [-0.39, 0.29) is 19.1 Å². The first-order valence-corrected chi connectivity index (χ1v) is 13.4. The smallest absolute Gasteiger partial charge is 0.407 e. The summed E-state index contributed by atoms with van der Waals surface area (Å²) < 4.78 is 11.7. The van der Waals surface area contributed by atoms with Crippen molar-refractivity contribution in [2.45, 2.75) is 57.9 Å². The topological polar surface area (TPSA) is 105 Å². The number of carbonyl (C=O) groups excluding carboxylic acids is 2. The van der Waals surface area contributed by atoms with Crippen LogP contribution in [0.1, 0.15) is 50.3 Å². The van der Waals surface area contributed by atoms with E-state index in [2.05, 4.69) is 17.4 Å². The first-order chi connectivity index (χ1) is 19.1. The Labute approximate surface area is 234 Å². The minimum absolute atomic E-state index is 0.0815. The summed E-state index contributed by atoms with van der Waals surface area (Å²) in [7, 11) is 0. The number of carboxylic acid groups (broad SMARTS) is 1. The lowest BCUT2D eigenvalue weighted by molar-refractivity contribution is -0.151. The van der Waals surface area contributed by atoms with Gasteiger partial charge in [0, 0.05) is 11.5 Å². The second kappa shape index (κ2) is 12.3. The Morgan fingerprint density at radius 2 is 1.45 bits per heavy atom. The molecule has 8 heteroatoms. The molecule has 2 N–H and O–H groups in total. The highest BCUT2D eigenvalue weighted by molar-refractivity contribution is 5.89. The summed E-state index contributed by atoms with van der Waals surface area (Å²) in [6.07, 6.45) is -1.55. The Kier molecular flexibility index (Phi) is 8.90. The molecular formula is C32H36N2O6. The van der Waals surface area contributed by atoms with Gasteiger partial charge in [-0.25, -0.2) is 4.79 Å². The van der Waals surface area contributed by atoms with Crippen molar-refractivity contribution < 1.29 is 29.0 Å². The number of benzene rings is 3. The number of rotatable bonds is 10. The number of nitrogens with one attached hydrogen (secondary N) is 1. The Hall–Kier alpha value is -4.17. The number of amides is 2. The summed E-state index contributed by atoms with van der Waals surface area (Å²) in [5.74, 6) is -1.86. The SMILES string of the molecule is CC(OCc1ccccc1)C(NC(=O)OCC1c2ccccc2-c2ccccc21)C(=O)N(CC(=O)O)C(C)(C)C. The molecule has 0 aromatic heterocycles. The van der Waals surface area contributed by atoms with E-state index in [4.69, 9.17) is 9.47 Å². The van der Waals surface area contributed by atoms with E-state index in [1.54, 1.807) is 27.7 Å². The first-order valence-electron chi connectivity index (χ1n) is 13.4. The molecule has 0 saturated heterocycles. The molecule has 1 aliphatic carbocycles. The Morgan fingerprint density at radius 1 is 0.900 bits per heavy atom. The van der Waals surface area contributed by atoms with Gasteiger partial charge in [0.2, 0.25) is 5.91 Å². The van der Waals surface area contributed by atoms with Crippen molar-refractivity contribution in [2.75, 3.05) is 13.2 Å². The highest BCUT2D eigenvalue weighted by Crippen LogP contribution is 2.44. The van der Waals surface area contributed by atoms with Gasteiger partial charge in [-0.2, -0.15) is 0 Å². The second-order valence-electron chi connectivity index (χ2n) is 10.9. The van der Waals surface area contributed by atoms with Gasteiger partial charge in [0.1, 0.15) is 19.2 Å². The third-order valence-electron chi connectivity index (χ3n) is 7.08. The number of aliphatic carboxylic acids is 1. The molecule has 8 nitrogen and oxygen atoms in total. The van der Waals surface area contributed by atoms with Gasteiger partial charge in [0.15, 0.2) is 0 Å². The molecule has 40 heavy (non-hydrogen) atoms. The van der Waals surface area contributed by atoms with Crippen molar-refractivity contribution in [1.29, 1.82) is 0 Å². The number of alkyl carbamates (subject to hydrolysis) is 1. The minimum atomic E-state index is -1.17. The summed E-state index contributed by atoms with van der Waals surface area (Å²) in [6, 6.07) is 24.3. The molecule has 0 fully saturated rings. The molecule has 0 heterocycles. The van der Waals surface area contributed by atoms with E-state index >= 15 is 0 Å². The predicted molar refractivity (Wildman–Crippen MR) is 152 cm³/mol. The van der Waals surface area contributed by atoms with E-state index < -0.39 is 42.2 Å². The maximum Gasteiger partial charge on any atom is 0.407 e. The van der Waals surface area contributed by atoms with Gasteiger partial charge in [-0.05, 0) is 55.5 Å². The van der Waals surface area contributed by atoms with Crippen molar-refractivity contribution in [1.82, 2.24) is 10.2 Å². The number of hydrogen-bond donors (Lipinski definition) is 2. The van der Waals surface area contributed by atoms with Crippen LogP contribution in [0.3, 0.4) is 0 Å². The molecule has 2 unspecified atom stereocenters. The number of hydrogen-bond acceptors (Lipinski definition) is 5. The van der Waals surface area contributed by atoms with Crippen LogP contribution in [-0.2, 0) is 25.7 Å². The van der Waals surface area contributed by atoms with Gasteiger partial charge in [0.05, 0.1) is 12.7 Å². The van der Waals surface area contributed by atoms with Crippen LogP contribution in [-0.4, -0.2) is 58.8 Å². The van der Waals surface area contributed by atoms with Crippen LogP contribution in [0.15, 0.2) is 78.9 Å². The molecule has 1 aliphatic rings. The zero-order chi connectivity index (χ0) is 28.9. The van der Waals surface area contributed by atoms with Gasteiger partial charge in [-0.3, -0.25) is 9.59 Å². The van der Waals surface area contributed by atoms with Crippen molar-refractivity contribution in [3.63, 3.8) is 0 Å². The molecule has 3 aromatic rings. The van der Waals surface area contributed by atoms with E-state index in [1.807, 2.05) is 66.7 Å². The van der Waals surface area contributed by atoms with E-state index in [0.717, 1.165) is 27.8 Å². The molecule has 0 radical (unpaired) electrons. The standard InChI is InChI=1S/C32H36N2O6/c1-21(39-19-22-12-6-5-7-13-22)29(30(37)34(18-28(35)36)32(2,3)4)33-31(38)40-20-27-25-16-10-8-14-23(25)24-15-9-11-17-26(24)27/h5-17,21,27,29H,18-20H2,1-4H3,(H,33,38)(H,35,36). The number of ether oxygens (including phenoxy) is 2. The fourth-order valence-corrected chi connectivity index (χ4v) is 4.99. The molecule has 2 amide bonds. The number of nitrogens with zero attached hydrogens (tertiary/aromatic N) is 1. The lowest BCUT2D eigenvalue weighted by Gasteiger charge is -2.38. The molecule has 0 bridgehead atoms. The Bertz CT molecular complexity index is 1310. The fraction of sp³-hybridized carbons (Fsp3) is 0.344. The zero-order valence-electron chi connectivity index (χ0n) is 23.3. The predicted octanol–water partition coefficient (Wildman–Crippen LogP) is 5.21. The maximum absolute atomic E-state index is 13.7. The molecule has 3 aromatic carbocycles. The molecule has 0 saturated carbocycles. The van der Waals surface area contributed by atoms with Crippen LogP contribution >= 0.6 is 0 Å². The fourth-order valence-electron chi connectivity index (χ4n) is 4.99. The Balaban J connectivity index is 1.51. The molecule has 4 rings (SSSR count). The molecule has 2 atom stereocenters. The van der Waals surface area contributed by atoms with Crippen molar-refractivity contribution in [2.24, 2.45) is 0 Å².